The standard InChI is InChI=1S/C16H20N4O3/c21-15(10-13-11-22-9-8-17-13)18-7-6-14-19-16(23-20-14)12-4-2-1-3-5-12/h1-5,13,17H,6-11H2,(H,18,21). The fourth-order valence-electron chi connectivity index (χ4n) is 2.41. The highest BCUT2D eigenvalue weighted by Crippen LogP contribution is 2.15. The average molecular weight is 316 g/mol. The SMILES string of the molecule is O=C(CC1COCCN1)NCCc1noc(-c2ccccc2)n1. The first-order valence-electron chi connectivity index (χ1n) is 7.77. The van der Waals surface area contributed by atoms with Crippen LogP contribution >= 0.6 is 0 Å². The van der Waals surface area contributed by atoms with E-state index in [1.807, 2.05) is 30.3 Å². The van der Waals surface area contributed by atoms with Crippen LogP contribution in [0.15, 0.2) is 34.9 Å². The van der Waals surface area contributed by atoms with Crippen molar-refractivity contribution in [3.63, 3.8) is 0 Å². The number of aromatic nitrogens is 2. The van der Waals surface area contributed by atoms with E-state index < -0.39 is 0 Å². The van der Waals surface area contributed by atoms with E-state index in [2.05, 4.69) is 20.8 Å². The average Bonchev–Trinajstić information content (AvgIpc) is 3.05. The molecule has 3 rings (SSSR count). The summed E-state index contributed by atoms with van der Waals surface area (Å²) in [4.78, 5) is 16.2. The van der Waals surface area contributed by atoms with Gasteiger partial charge in [-0.2, -0.15) is 4.98 Å². The van der Waals surface area contributed by atoms with E-state index in [4.69, 9.17) is 9.26 Å². The summed E-state index contributed by atoms with van der Waals surface area (Å²) in [6.45, 7) is 2.57. The Morgan fingerprint density at radius 1 is 1.35 bits per heavy atom. The lowest BCUT2D eigenvalue weighted by atomic mass is 10.2. The highest BCUT2D eigenvalue weighted by molar-refractivity contribution is 5.76. The van der Waals surface area contributed by atoms with E-state index in [1.54, 1.807) is 0 Å². The minimum atomic E-state index is -0.000206. The predicted octanol–water partition coefficient (Wildman–Crippen LogP) is 0.774. The molecule has 1 aliphatic heterocycles. The molecule has 122 valence electrons. The lowest BCUT2D eigenvalue weighted by Gasteiger charge is -2.23. The van der Waals surface area contributed by atoms with Gasteiger partial charge in [-0.3, -0.25) is 4.79 Å². The molecule has 1 unspecified atom stereocenters. The number of rotatable bonds is 6. The highest BCUT2D eigenvalue weighted by Gasteiger charge is 2.16. The van der Waals surface area contributed by atoms with Gasteiger partial charge >= 0.3 is 0 Å². The zero-order valence-corrected chi connectivity index (χ0v) is 12.8. The molecule has 0 aliphatic carbocycles. The first-order valence-corrected chi connectivity index (χ1v) is 7.77. The van der Waals surface area contributed by atoms with Crippen molar-refractivity contribution in [1.82, 2.24) is 20.8 Å². The molecule has 0 radical (unpaired) electrons. The van der Waals surface area contributed by atoms with Gasteiger partial charge in [-0.25, -0.2) is 0 Å². The van der Waals surface area contributed by atoms with Gasteiger partial charge in [-0.05, 0) is 12.1 Å². The molecular formula is C16H20N4O3. The topological polar surface area (TPSA) is 89.3 Å². The quantitative estimate of drug-likeness (QED) is 0.818. The Hall–Kier alpha value is -2.25. The first-order chi connectivity index (χ1) is 11.3. The fraction of sp³-hybridized carbons (Fsp3) is 0.438. The van der Waals surface area contributed by atoms with Crippen LogP contribution in [0, 0.1) is 0 Å². The minimum absolute atomic E-state index is 0.000206. The van der Waals surface area contributed by atoms with E-state index in [0.29, 0.717) is 44.3 Å². The fourth-order valence-corrected chi connectivity index (χ4v) is 2.41. The molecule has 1 amide bonds. The van der Waals surface area contributed by atoms with Gasteiger partial charge in [-0.15, -0.1) is 0 Å². The summed E-state index contributed by atoms with van der Waals surface area (Å²) in [7, 11) is 0. The van der Waals surface area contributed by atoms with E-state index in [-0.39, 0.29) is 11.9 Å². The van der Waals surface area contributed by atoms with Gasteiger partial charge in [0.15, 0.2) is 5.82 Å². The number of ether oxygens (including phenoxy) is 1. The van der Waals surface area contributed by atoms with Gasteiger partial charge in [0.2, 0.25) is 5.91 Å². The first kappa shape index (κ1) is 15.6. The van der Waals surface area contributed by atoms with Crippen molar-refractivity contribution in [2.45, 2.75) is 18.9 Å². The van der Waals surface area contributed by atoms with E-state index >= 15 is 0 Å². The van der Waals surface area contributed by atoms with Crippen molar-refractivity contribution in [2.24, 2.45) is 0 Å². The second kappa shape index (κ2) is 7.85. The second-order valence-corrected chi connectivity index (χ2v) is 5.41. The van der Waals surface area contributed by atoms with E-state index in [1.165, 1.54) is 0 Å². The Morgan fingerprint density at radius 3 is 3.00 bits per heavy atom. The molecule has 2 aromatic rings. The van der Waals surface area contributed by atoms with Crippen LogP contribution < -0.4 is 10.6 Å². The Kier molecular flexibility index (Phi) is 5.33. The molecule has 7 heteroatoms. The molecule has 2 N–H and O–H groups in total. The summed E-state index contributed by atoms with van der Waals surface area (Å²) >= 11 is 0. The Morgan fingerprint density at radius 2 is 2.22 bits per heavy atom. The summed E-state index contributed by atoms with van der Waals surface area (Å²) in [6.07, 6.45) is 0.957. The number of carbonyl (C=O) groups is 1. The number of hydrogen-bond donors (Lipinski definition) is 2. The molecule has 2 heterocycles. The van der Waals surface area contributed by atoms with Crippen LogP contribution in [0.5, 0.6) is 0 Å². The van der Waals surface area contributed by atoms with Crippen molar-refractivity contribution in [3.05, 3.63) is 36.2 Å². The largest absolute Gasteiger partial charge is 0.378 e. The normalized spacial score (nSPS) is 17.8. The van der Waals surface area contributed by atoms with Gasteiger partial charge in [0.25, 0.3) is 5.89 Å². The van der Waals surface area contributed by atoms with E-state index in [9.17, 15) is 4.79 Å². The number of morpholine rings is 1. The number of nitrogens with zero attached hydrogens (tertiary/aromatic N) is 2. The number of carbonyl (C=O) groups excluding carboxylic acids is 1. The van der Waals surface area contributed by atoms with Crippen molar-refractivity contribution in [1.29, 1.82) is 0 Å². The summed E-state index contributed by atoms with van der Waals surface area (Å²) in [5.74, 6) is 1.08. The monoisotopic (exact) mass is 316 g/mol. The summed E-state index contributed by atoms with van der Waals surface area (Å²) < 4.78 is 10.6. The zero-order chi connectivity index (χ0) is 15.9. The molecule has 1 aromatic heterocycles. The third kappa shape index (κ3) is 4.61. The highest BCUT2D eigenvalue weighted by atomic mass is 16.5. The van der Waals surface area contributed by atoms with Crippen molar-refractivity contribution in [2.75, 3.05) is 26.3 Å². The maximum absolute atomic E-state index is 11.9. The van der Waals surface area contributed by atoms with Crippen LogP contribution in [-0.2, 0) is 16.0 Å². The summed E-state index contributed by atoms with van der Waals surface area (Å²) in [5.41, 5.74) is 0.888. The molecule has 7 nitrogen and oxygen atoms in total. The molecule has 1 atom stereocenters. The lowest BCUT2D eigenvalue weighted by Crippen LogP contribution is -2.44. The van der Waals surface area contributed by atoms with Crippen LogP contribution in [0.4, 0.5) is 0 Å². The number of benzene rings is 1. The third-order valence-corrected chi connectivity index (χ3v) is 3.59. The van der Waals surface area contributed by atoms with Crippen molar-refractivity contribution in [3.8, 4) is 11.5 Å². The third-order valence-electron chi connectivity index (χ3n) is 3.59. The minimum Gasteiger partial charge on any atom is -0.378 e. The number of amides is 1. The number of hydrogen-bond acceptors (Lipinski definition) is 6. The molecular weight excluding hydrogens is 296 g/mol. The maximum atomic E-state index is 11.9. The van der Waals surface area contributed by atoms with Crippen LogP contribution in [-0.4, -0.2) is 48.4 Å². The molecule has 0 saturated carbocycles. The molecule has 0 spiro atoms. The number of nitrogens with one attached hydrogen (secondary N) is 2. The molecule has 0 bridgehead atoms. The zero-order valence-electron chi connectivity index (χ0n) is 12.8. The molecule has 23 heavy (non-hydrogen) atoms. The molecule has 1 aromatic carbocycles. The van der Waals surface area contributed by atoms with Gasteiger partial charge in [0, 0.05) is 37.5 Å². The van der Waals surface area contributed by atoms with Gasteiger partial charge in [0.05, 0.1) is 13.2 Å². The molecule has 1 fully saturated rings. The maximum Gasteiger partial charge on any atom is 0.257 e. The van der Waals surface area contributed by atoms with Crippen molar-refractivity contribution < 1.29 is 14.1 Å². The van der Waals surface area contributed by atoms with Gasteiger partial charge < -0.3 is 19.9 Å². The second-order valence-electron chi connectivity index (χ2n) is 5.41. The Balaban J connectivity index is 1.42. The van der Waals surface area contributed by atoms with Crippen molar-refractivity contribution >= 4 is 5.91 Å². The van der Waals surface area contributed by atoms with Crippen LogP contribution in [0.25, 0.3) is 11.5 Å². The lowest BCUT2D eigenvalue weighted by molar-refractivity contribution is -0.122. The Bertz CT molecular complexity index is 623. The Labute approximate surface area is 134 Å². The van der Waals surface area contributed by atoms with Gasteiger partial charge in [-0.1, -0.05) is 23.4 Å². The summed E-state index contributed by atoms with van der Waals surface area (Å²) in [6, 6.07) is 9.70. The smallest absolute Gasteiger partial charge is 0.257 e. The predicted molar refractivity (Wildman–Crippen MR) is 83.7 cm³/mol. The van der Waals surface area contributed by atoms with Crippen LogP contribution in [0.1, 0.15) is 12.2 Å². The summed E-state index contributed by atoms with van der Waals surface area (Å²) in [5, 5.41) is 10.1. The molecule has 1 aliphatic rings. The van der Waals surface area contributed by atoms with Crippen LogP contribution in [0.2, 0.25) is 0 Å². The van der Waals surface area contributed by atoms with Crippen LogP contribution in [0.3, 0.4) is 0 Å². The van der Waals surface area contributed by atoms with Gasteiger partial charge in [0.1, 0.15) is 0 Å². The van der Waals surface area contributed by atoms with E-state index in [0.717, 1.165) is 12.1 Å². The molecule has 1 saturated heterocycles.